The van der Waals surface area contributed by atoms with Crippen LogP contribution < -0.4 is 11.1 Å². The lowest BCUT2D eigenvalue weighted by molar-refractivity contribution is -0.136. The van der Waals surface area contributed by atoms with E-state index >= 15 is 0 Å². The molecule has 0 saturated carbocycles. The molecular weight excluding hydrogens is 416 g/mol. The number of H-pyrrole nitrogens is 1. The van der Waals surface area contributed by atoms with Crippen molar-refractivity contribution in [3.8, 4) is 0 Å². The minimum absolute atomic E-state index is 0.0481. The predicted molar refractivity (Wildman–Crippen MR) is 106 cm³/mol. The maximum Gasteiger partial charge on any atom is 0.417 e. The summed E-state index contributed by atoms with van der Waals surface area (Å²) in [6.45, 7) is 0.391. The number of carbonyl (C=O) groups excluding carboxylic acids is 1. The summed E-state index contributed by atoms with van der Waals surface area (Å²) in [7, 11) is 0. The molecule has 31 heavy (non-hydrogen) atoms. The van der Waals surface area contributed by atoms with E-state index in [0.717, 1.165) is 18.9 Å². The molecule has 1 aliphatic rings. The van der Waals surface area contributed by atoms with Crippen molar-refractivity contribution in [1.29, 1.82) is 0 Å². The maximum absolute atomic E-state index is 13.8. The number of carbonyl (C=O) groups is 1. The molecule has 4 rings (SSSR count). The third-order valence-electron chi connectivity index (χ3n) is 5.33. The van der Waals surface area contributed by atoms with Crippen LogP contribution in [0.3, 0.4) is 0 Å². The van der Waals surface area contributed by atoms with E-state index in [0.29, 0.717) is 13.0 Å². The van der Waals surface area contributed by atoms with Gasteiger partial charge in [-0.2, -0.15) is 18.3 Å². The molecule has 4 N–H and O–H groups in total. The number of hydrogen-bond donors (Lipinski definition) is 3. The molecule has 3 heterocycles. The highest BCUT2D eigenvalue weighted by molar-refractivity contribution is 5.92. The van der Waals surface area contributed by atoms with Crippen LogP contribution in [0.4, 0.5) is 29.1 Å². The fourth-order valence-corrected chi connectivity index (χ4v) is 3.91. The van der Waals surface area contributed by atoms with Crippen LogP contribution in [0.15, 0.2) is 30.3 Å². The average molecular weight is 436 g/mol. The summed E-state index contributed by atoms with van der Waals surface area (Å²) in [4.78, 5) is 18.5. The maximum atomic E-state index is 13.8. The van der Waals surface area contributed by atoms with Gasteiger partial charge < -0.3 is 11.1 Å². The number of benzene rings is 1. The number of para-hydroxylation sites is 1. The quantitative estimate of drug-likeness (QED) is 0.540. The van der Waals surface area contributed by atoms with Crippen LogP contribution in [0.1, 0.15) is 36.6 Å². The number of pyridine rings is 1. The van der Waals surface area contributed by atoms with Crippen molar-refractivity contribution in [3.05, 3.63) is 47.4 Å². The Balaban J connectivity index is 1.62. The lowest BCUT2D eigenvalue weighted by Crippen LogP contribution is -2.39. The van der Waals surface area contributed by atoms with Crippen molar-refractivity contribution in [2.45, 2.75) is 31.5 Å². The van der Waals surface area contributed by atoms with Crippen molar-refractivity contribution >= 4 is 28.4 Å². The number of nitrogen functional groups attached to an aromatic ring is 1. The largest absolute Gasteiger partial charge is 0.417 e. The Kier molecular flexibility index (Phi) is 5.52. The number of fused-ring (bicyclic) bond motifs is 1. The molecular formula is C20H20F4N6O. The van der Waals surface area contributed by atoms with E-state index in [1.165, 1.54) is 18.2 Å². The molecule has 1 atom stereocenters. The Hall–Kier alpha value is -3.21. The molecule has 0 spiro atoms. The summed E-state index contributed by atoms with van der Waals surface area (Å²) in [5.41, 5.74) is 4.81. The first kappa shape index (κ1) is 21.0. The Bertz CT molecular complexity index is 1110. The average Bonchev–Trinajstić information content (AvgIpc) is 3.09. The monoisotopic (exact) mass is 436 g/mol. The number of nitrogens with zero attached hydrogens (tertiary/aromatic N) is 3. The SMILES string of the molecule is Nc1[nH]nc2nc(C3CCCCN3CC(=O)Nc3ccccc3F)cc(C(F)(F)F)c12. The Morgan fingerprint density at radius 1 is 1.29 bits per heavy atom. The number of halogens is 4. The van der Waals surface area contributed by atoms with Gasteiger partial charge in [0.05, 0.1) is 34.9 Å². The standard InChI is InChI=1S/C20H20F4N6O/c21-12-5-1-2-6-13(12)26-16(31)10-30-8-4-3-7-15(30)14-9-11(20(22,23)24)17-18(25)28-29-19(17)27-14/h1-2,5-6,9,15H,3-4,7-8,10H2,(H,26,31)(H3,25,27,28,29). The van der Waals surface area contributed by atoms with Gasteiger partial charge in [-0.1, -0.05) is 18.6 Å². The van der Waals surface area contributed by atoms with Gasteiger partial charge in [-0.05, 0) is 37.6 Å². The Labute approximate surface area is 174 Å². The second-order valence-electron chi connectivity index (χ2n) is 7.44. The van der Waals surface area contributed by atoms with Crippen molar-refractivity contribution in [2.24, 2.45) is 0 Å². The molecule has 1 amide bonds. The summed E-state index contributed by atoms with van der Waals surface area (Å²) in [5, 5.41) is 8.39. The number of hydrogen-bond acceptors (Lipinski definition) is 5. The second-order valence-corrected chi connectivity index (χ2v) is 7.44. The fourth-order valence-electron chi connectivity index (χ4n) is 3.91. The normalized spacial score (nSPS) is 17.7. The van der Waals surface area contributed by atoms with E-state index in [2.05, 4.69) is 20.5 Å². The highest BCUT2D eigenvalue weighted by atomic mass is 19.4. The van der Waals surface area contributed by atoms with Gasteiger partial charge in [-0.25, -0.2) is 9.37 Å². The van der Waals surface area contributed by atoms with E-state index in [-0.39, 0.29) is 34.8 Å². The number of aromatic amines is 1. The van der Waals surface area contributed by atoms with Crippen molar-refractivity contribution in [1.82, 2.24) is 20.1 Å². The summed E-state index contributed by atoms with van der Waals surface area (Å²) in [6, 6.07) is 6.24. The van der Waals surface area contributed by atoms with Gasteiger partial charge in [0.2, 0.25) is 5.91 Å². The van der Waals surface area contributed by atoms with Crippen molar-refractivity contribution in [2.75, 3.05) is 24.1 Å². The number of anilines is 2. The van der Waals surface area contributed by atoms with Gasteiger partial charge in [0.25, 0.3) is 0 Å². The number of nitrogens with one attached hydrogen (secondary N) is 2. The molecule has 0 radical (unpaired) electrons. The molecule has 1 saturated heterocycles. The van der Waals surface area contributed by atoms with Crippen LogP contribution in [0.25, 0.3) is 11.0 Å². The first-order valence-corrected chi connectivity index (χ1v) is 9.74. The minimum atomic E-state index is -4.64. The van der Waals surface area contributed by atoms with Gasteiger partial charge in [0, 0.05) is 0 Å². The van der Waals surface area contributed by atoms with Gasteiger partial charge in [0.1, 0.15) is 11.6 Å². The molecule has 11 heteroatoms. The zero-order valence-electron chi connectivity index (χ0n) is 16.3. The Morgan fingerprint density at radius 3 is 2.81 bits per heavy atom. The zero-order valence-corrected chi connectivity index (χ0v) is 16.3. The number of aromatic nitrogens is 3. The van der Waals surface area contributed by atoms with Gasteiger partial charge >= 0.3 is 6.18 Å². The molecule has 1 fully saturated rings. The van der Waals surface area contributed by atoms with Crippen LogP contribution in [0.2, 0.25) is 0 Å². The van der Waals surface area contributed by atoms with E-state index in [1.807, 2.05) is 0 Å². The van der Waals surface area contributed by atoms with Crippen LogP contribution >= 0.6 is 0 Å². The van der Waals surface area contributed by atoms with Crippen LogP contribution in [0.5, 0.6) is 0 Å². The van der Waals surface area contributed by atoms with Crippen molar-refractivity contribution < 1.29 is 22.4 Å². The van der Waals surface area contributed by atoms with Crippen molar-refractivity contribution in [3.63, 3.8) is 0 Å². The van der Waals surface area contributed by atoms with E-state index in [4.69, 9.17) is 5.73 Å². The molecule has 7 nitrogen and oxygen atoms in total. The van der Waals surface area contributed by atoms with Crippen LogP contribution in [-0.2, 0) is 11.0 Å². The first-order chi connectivity index (χ1) is 14.7. The number of alkyl halides is 3. The summed E-state index contributed by atoms with van der Waals surface area (Å²) in [5.74, 6) is -1.23. The number of likely N-dealkylation sites (tertiary alicyclic amines) is 1. The highest BCUT2D eigenvalue weighted by Gasteiger charge is 2.37. The van der Waals surface area contributed by atoms with E-state index in [9.17, 15) is 22.4 Å². The highest BCUT2D eigenvalue weighted by Crippen LogP contribution is 2.39. The fraction of sp³-hybridized carbons (Fsp3) is 0.350. The number of amides is 1. The van der Waals surface area contributed by atoms with E-state index < -0.39 is 29.5 Å². The van der Waals surface area contributed by atoms with Gasteiger partial charge in [0.15, 0.2) is 5.65 Å². The number of nitrogens with two attached hydrogens (primary N) is 1. The zero-order chi connectivity index (χ0) is 22.2. The first-order valence-electron chi connectivity index (χ1n) is 9.74. The molecule has 1 unspecified atom stereocenters. The Morgan fingerprint density at radius 2 is 2.06 bits per heavy atom. The lowest BCUT2D eigenvalue weighted by Gasteiger charge is -2.35. The second kappa shape index (κ2) is 8.14. The summed E-state index contributed by atoms with van der Waals surface area (Å²) < 4.78 is 54.8. The molecule has 1 aromatic carbocycles. The summed E-state index contributed by atoms with van der Waals surface area (Å²) in [6.07, 6.45) is -2.55. The molecule has 2 aromatic heterocycles. The van der Waals surface area contributed by atoms with Crippen LogP contribution in [0, 0.1) is 5.82 Å². The molecule has 1 aliphatic heterocycles. The topological polar surface area (TPSA) is 99.9 Å². The third kappa shape index (κ3) is 4.31. The minimum Gasteiger partial charge on any atom is -0.383 e. The summed E-state index contributed by atoms with van der Waals surface area (Å²) >= 11 is 0. The van der Waals surface area contributed by atoms with Gasteiger partial charge in [-0.15, -0.1) is 0 Å². The third-order valence-corrected chi connectivity index (χ3v) is 5.33. The van der Waals surface area contributed by atoms with Crippen LogP contribution in [-0.4, -0.2) is 39.1 Å². The molecule has 0 aliphatic carbocycles. The molecule has 164 valence electrons. The predicted octanol–water partition coefficient (Wildman–Crippen LogP) is 3.86. The van der Waals surface area contributed by atoms with Gasteiger partial charge in [-0.3, -0.25) is 14.8 Å². The molecule has 0 bridgehead atoms. The lowest BCUT2D eigenvalue weighted by atomic mass is 9.97. The van der Waals surface area contributed by atoms with E-state index in [1.54, 1.807) is 11.0 Å². The smallest absolute Gasteiger partial charge is 0.383 e. The molecule has 3 aromatic rings. The number of piperidine rings is 1. The number of rotatable bonds is 4.